The average molecular weight is 239 g/mol. The molecule has 0 aliphatic rings. The van der Waals surface area contributed by atoms with Crippen LogP contribution < -0.4 is 4.74 Å². The number of hydrogen-bond acceptors (Lipinski definition) is 1. The number of methoxy groups -OCH3 is 1. The lowest BCUT2D eigenvalue weighted by Crippen LogP contribution is -2.06. The standard InChI is InChI=1S/C10H10ClF3O/c1-3-6-4-7(10(12,13)14)5-8(11)9(6)15-2/h4-5H,3H2,1-2H3. The first-order chi connectivity index (χ1) is 6.90. The number of benzene rings is 1. The Bertz CT molecular complexity index is 360. The molecule has 0 saturated heterocycles. The minimum absolute atomic E-state index is 0.0100. The average Bonchev–Trinajstić information content (AvgIpc) is 2.15. The minimum Gasteiger partial charge on any atom is -0.495 e. The van der Waals surface area contributed by atoms with Crippen molar-refractivity contribution in [2.24, 2.45) is 0 Å². The molecule has 0 atom stereocenters. The first-order valence-electron chi connectivity index (χ1n) is 4.33. The third kappa shape index (κ3) is 2.56. The van der Waals surface area contributed by atoms with Gasteiger partial charge >= 0.3 is 6.18 Å². The molecule has 84 valence electrons. The predicted molar refractivity (Wildman–Crippen MR) is 52.4 cm³/mol. The van der Waals surface area contributed by atoms with E-state index < -0.39 is 11.7 Å². The van der Waals surface area contributed by atoms with E-state index in [4.69, 9.17) is 16.3 Å². The van der Waals surface area contributed by atoms with Crippen LogP contribution in [0.3, 0.4) is 0 Å². The van der Waals surface area contributed by atoms with Crippen molar-refractivity contribution >= 4 is 11.6 Å². The van der Waals surface area contributed by atoms with Crippen molar-refractivity contribution < 1.29 is 17.9 Å². The second-order valence-corrected chi connectivity index (χ2v) is 3.41. The number of ether oxygens (including phenoxy) is 1. The molecular formula is C10H10ClF3O. The molecule has 0 aliphatic carbocycles. The van der Waals surface area contributed by atoms with Gasteiger partial charge in [0.2, 0.25) is 0 Å². The van der Waals surface area contributed by atoms with E-state index in [1.165, 1.54) is 7.11 Å². The fraction of sp³-hybridized carbons (Fsp3) is 0.400. The molecule has 0 bridgehead atoms. The van der Waals surface area contributed by atoms with Crippen molar-refractivity contribution in [3.05, 3.63) is 28.3 Å². The zero-order valence-corrected chi connectivity index (χ0v) is 9.04. The van der Waals surface area contributed by atoms with Crippen molar-refractivity contribution in [2.75, 3.05) is 7.11 Å². The van der Waals surface area contributed by atoms with Crippen LogP contribution in [0.4, 0.5) is 13.2 Å². The van der Waals surface area contributed by atoms with Gasteiger partial charge in [-0.1, -0.05) is 18.5 Å². The summed E-state index contributed by atoms with van der Waals surface area (Å²) in [5.74, 6) is 0.312. The summed E-state index contributed by atoms with van der Waals surface area (Å²) in [6.07, 6.45) is -3.94. The van der Waals surface area contributed by atoms with Crippen LogP contribution in [-0.4, -0.2) is 7.11 Å². The third-order valence-electron chi connectivity index (χ3n) is 2.03. The molecule has 0 aromatic heterocycles. The van der Waals surface area contributed by atoms with Crippen LogP contribution in [0.1, 0.15) is 18.1 Å². The van der Waals surface area contributed by atoms with Crippen molar-refractivity contribution in [1.82, 2.24) is 0 Å². The third-order valence-corrected chi connectivity index (χ3v) is 2.31. The Balaban J connectivity index is 3.32. The molecule has 0 spiro atoms. The second-order valence-electron chi connectivity index (χ2n) is 3.00. The van der Waals surface area contributed by atoms with Crippen LogP contribution in [0.5, 0.6) is 5.75 Å². The Hall–Kier alpha value is -0.900. The molecule has 1 aromatic rings. The summed E-state index contributed by atoms with van der Waals surface area (Å²) in [4.78, 5) is 0. The number of alkyl halides is 3. The summed E-state index contributed by atoms with van der Waals surface area (Å²) in [6.45, 7) is 1.74. The molecule has 0 heterocycles. The lowest BCUT2D eigenvalue weighted by atomic mass is 10.1. The molecule has 1 nitrogen and oxygen atoms in total. The molecule has 1 rings (SSSR count). The first kappa shape index (κ1) is 12.2. The van der Waals surface area contributed by atoms with Crippen LogP contribution in [-0.2, 0) is 12.6 Å². The monoisotopic (exact) mass is 238 g/mol. The van der Waals surface area contributed by atoms with Crippen molar-refractivity contribution in [3.63, 3.8) is 0 Å². The van der Waals surface area contributed by atoms with Crippen molar-refractivity contribution in [3.8, 4) is 5.75 Å². The van der Waals surface area contributed by atoms with Gasteiger partial charge in [0.25, 0.3) is 0 Å². The Labute approximate surface area is 90.8 Å². The fourth-order valence-electron chi connectivity index (χ4n) is 1.31. The van der Waals surface area contributed by atoms with Crippen LogP contribution in [0.2, 0.25) is 5.02 Å². The predicted octanol–water partition coefficient (Wildman–Crippen LogP) is 3.93. The van der Waals surface area contributed by atoms with Gasteiger partial charge in [0.15, 0.2) is 0 Å². The normalized spacial score (nSPS) is 11.6. The molecule has 0 amide bonds. The smallest absolute Gasteiger partial charge is 0.416 e. The van der Waals surface area contributed by atoms with Gasteiger partial charge in [-0.25, -0.2) is 0 Å². The maximum atomic E-state index is 12.4. The van der Waals surface area contributed by atoms with Crippen LogP contribution in [0.25, 0.3) is 0 Å². The Morgan fingerprint density at radius 1 is 1.33 bits per heavy atom. The van der Waals surface area contributed by atoms with Gasteiger partial charge in [-0.05, 0) is 24.1 Å². The van der Waals surface area contributed by atoms with Gasteiger partial charge in [-0.15, -0.1) is 0 Å². The Kier molecular flexibility index (Phi) is 3.50. The summed E-state index contributed by atoms with van der Waals surface area (Å²) in [5.41, 5.74) is -0.289. The molecule has 0 fully saturated rings. The largest absolute Gasteiger partial charge is 0.495 e. The Morgan fingerprint density at radius 3 is 2.33 bits per heavy atom. The van der Waals surface area contributed by atoms with Crippen molar-refractivity contribution in [1.29, 1.82) is 0 Å². The van der Waals surface area contributed by atoms with Gasteiger partial charge in [-0.3, -0.25) is 0 Å². The van der Waals surface area contributed by atoms with Gasteiger partial charge in [0.1, 0.15) is 5.75 Å². The molecule has 0 N–H and O–H groups in total. The summed E-state index contributed by atoms with van der Waals surface area (Å²) < 4.78 is 42.2. The highest BCUT2D eigenvalue weighted by molar-refractivity contribution is 6.32. The molecule has 1 aromatic carbocycles. The molecule has 0 unspecified atom stereocenters. The maximum Gasteiger partial charge on any atom is 0.416 e. The van der Waals surface area contributed by atoms with Crippen molar-refractivity contribution in [2.45, 2.75) is 19.5 Å². The summed E-state index contributed by atoms with van der Waals surface area (Å²) in [5, 5.41) is -0.0100. The molecular weight excluding hydrogens is 229 g/mol. The first-order valence-corrected chi connectivity index (χ1v) is 4.71. The van der Waals surface area contributed by atoms with E-state index in [-0.39, 0.29) is 5.02 Å². The van der Waals surface area contributed by atoms with E-state index in [9.17, 15) is 13.2 Å². The van der Waals surface area contributed by atoms with Gasteiger partial charge < -0.3 is 4.74 Å². The topological polar surface area (TPSA) is 9.23 Å². The van der Waals surface area contributed by atoms with E-state index in [1.54, 1.807) is 6.92 Å². The molecule has 5 heteroatoms. The van der Waals surface area contributed by atoms with Gasteiger partial charge in [0, 0.05) is 0 Å². The number of hydrogen-bond donors (Lipinski definition) is 0. The zero-order valence-electron chi connectivity index (χ0n) is 8.28. The summed E-state index contributed by atoms with van der Waals surface area (Å²) >= 11 is 5.69. The summed E-state index contributed by atoms with van der Waals surface area (Å²) in [6, 6.07) is 1.93. The SMILES string of the molecule is CCc1cc(C(F)(F)F)cc(Cl)c1OC. The highest BCUT2D eigenvalue weighted by Gasteiger charge is 2.32. The van der Waals surface area contributed by atoms with Crippen LogP contribution >= 0.6 is 11.6 Å². The van der Waals surface area contributed by atoms with Gasteiger partial charge in [0.05, 0.1) is 17.7 Å². The van der Waals surface area contributed by atoms with Gasteiger partial charge in [-0.2, -0.15) is 13.2 Å². The number of aryl methyl sites for hydroxylation is 1. The maximum absolute atomic E-state index is 12.4. The Morgan fingerprint density at radius 2 is 1.93 bits per heavy atom. The van der Waals surface area contributed by atoms with E-state index >= 15 is 0 Å². The molecule has 0 aliphatic heterocycles. The number of rotatable bonds is 2. The quantitative estimate of drug-likeness (QED) is 0.759. The minimum atomic E-state index is -4.38. The fourth-order valence-corrected chi connectivity index (χ4v) is 1.62. The lowest BCUT2D eigenvalue weighted by Gasteiger charge is -2.13. The molecule has 0 saturated carbocycles. The highest BCUT2D eigenvalue weighted by atomic mass is 35.5. The lowest BCUT2D eigenvalue weighted by molar-refractivity contribution is -0.137. The second kappa shape index (κ2) is 4.31. The zero-order chi connectivity index (χ0) is 11.6. The van der Waals surface area contributed by atoms with E-state index in [0.29, 0.717) is 17.7 Å². The molecule has 0 radical (unpaired) electrons. The van der Waals surface area contributed by atoms with E-state index in [1.807, 2.05) is 0 Å². The van der Waals surface area contributed by atoms with Crippen LogP contribution in [0.15, 0.2) is 12.1 Å². The van der Waals surface area contributed by atoms with Crippen LogP contribution in [0, 0.1) is 0 Å². The van der Waals surface area contributed by atoms with E-state index in [0.717, 1.165) is 12.1 Å². The summed E-state index contributed by atoms with van der Waals surface area (Å²) in [7, 11) is 1.38. The molecule has 15 heavy (non-hydrogen) atoms. The number of halogens is 4. The highest BCUT2D eigenvalue weighted by Crippen LogP contribution is 2.37. The van der Waals surface area contributed by atoms with E-state index in [2.05, 4.69) is 0 Å².